The van der Waals surface area contributed by atoms with Crippen molar-refractivity contribution in [2.24, 2.45) is 7.05 Å². The largest absolute Gasteiger partial charge is 0.454 e. The van der Waals surface area contributed by atoms with Gasteiger partial charge in [-0.3, -0.25) is 14.2 Å². The molecule has 8 nitrogen and oxygen atoms in total. The quantitative estimate of drug-likeness (QED) is 0.795. The lowest BCUT2D eigenvalue weighted by Crippen LogP contribution is -2.24. The van der Waals surface area contributed by atoms with Crippen LogP contribution in [0.4, 0.5) is 5.69 Å². The average molecular weight is 327 g/mol. The first-order valence-electron chi connectivity index (χ1n) is 7.62. The SMILES string of the molecule is Cc1nn(C)c2cn([C@@H](C)C(=O)Nc3ccc4c(c3)OCO4)nc12. The number of carbonyl (C=O) groups is 1. The minimum absolute atomic E-state index is 0.160. The molecule has 1 aromatic carbocycles. The van der Waals surface area contributed by atoms with Crippen molar-refractivity contribution in [3.05, 3.63) is 30.1 Å². The van der Waals surface area contributed by atoms with Gasteiger partial charge >= 0.3 is 0 Å². The summed E-state index contributed by atoms with van der Waals surface area (Å²) in [5, 5.41) is 11.7. The number of amides is 1. The van der Waals surface area contributed by atoms with Crippen LogP contribution in [0.5, 0.6) is 11.5 Å². The molecule has 3 heterocycles. The summed E-state index contributed by atoms with van der Waals surface area (Å²) in [6.45, 7) is 3.91. The molecule has 0 bridgehead atoms. The topological polar surface area (TPSA) is 83.2 Å². The molecule has 0 aliphatic carbocycles. The van der Waals surface area contributed by atoms with E-state index >= 15 is 0 Å². The first kappa shape index (κ1) is 14.6. The van der Waals surface area contributed by atoms with Crippen molar-refractivity contribution < 1.29 is 14.3 Å². The van der Waals surface area contributed by atoms with Gasteiger partial charge in [0, 0.05) is 18.8 Å². The van der Waals surface area contributed by atoms with E-state index in [-0.39, 0.29) is 12.7 Å². The lowest BCUT2D eigenvalue weighted by atomic mass is 10.2. The van der Waals surface area contributed by atoms with Gasteiger partial charge in [0.15, 0.2) is 11.5 Å². The normalized spacial score (nSPS) is 14.1. The zero-order chi connectivity index (χ0) is 16.8. The third-order valence-corrected chi connectivity index (χ3v) is 4.12. The molecule has 2 aromatic heterocycles. The zero-order valence-electron chi connectivity index (χ0n) is 13.6. The van der Waals surface area contributed by atoms with Crippen LogP contribution in [0.1, 0.15) is 18.7 Å². The molecule has 8 heteroatoms. The summed E-state index contributed by atoms with van der Waals surface area (Å²) >= 11 is 0. The fraction of sp³-hybridized carbons (Fsp3) is 0.312. The zero-order valence-corrected chi connectivity index (χ0v) is 13.6. The number of anilines is 1. The number of nitrogens with zero attached hydrogens (tertiary/aromatic N) is 4. The average Bonchev–Trinajstić information content (AvgIpc) is 3.24. The van der Waals surface area contributed by atoms with Gasteiger partial charge in [0.05, 0.1) is 11.9 Å². The molecule has 0 radical (unpaired) electrons. The Bertz CT molecular complexity index is 908. The van der Waals surface area contributed by atoms with Crippen LogP contribution in [-0.4, -0.2) is 32.3 Å². The second-order valence-corrected chi connectivity index (χ2v) is 5.79. The molecule has 4 rings (SSSR count). The van der Waals surface area contributed by atoms with E-state index in [0.717, 1.165) is 16.7 Å². The Morgan fingerprint density at radius 1 is 1.29 bits per heavy atom. The molecule has 3 aromatic rings. The fourth-order valence-corrected chi connectivity index (χ4v) is 2.74. The van der Waals surface area contributed by atoms with Gasteiger partial charge in [-0.05, 0) is 26.0 Å². The Hall–Kier alpha value is -3.03. The third-order valence-electron chi connectivity index (χ3n) is 4.12. The molecule has 0 saturated heterocycles. The second kappa shape index (κ2) is 5.26. The maximum atomic E-state index is 12.5. The molecule has 1 amide bonds. The van der Waals surface area contributed by atoms with Crippen LogP contribution in [0.25, 0.3) is 11.0 Å². The van der Waals surface area contributed by atoms with Crippen molar-refractivity contribution in [3.63, 3.8) is 0 Å². The fourth-order valence-electron chi connectivity index (χ4n) is 2.74. The van der Waals surface area contributed by atoms with Crippen molar-refractivity contribution in [2.75, 3.05) is 12.1 Å². The Labute approximate surface area is 138 Å². The molecular weight excluding hydrogens is 310 g/mol. The van der Waals surface area contributed by atoms with Gasteiger partial charge in [-0.15, -0.1) is 0 Å². The second-order valence-electron chi connectivity index (χ2n) is 5.79. The number of hydrogen-bond acceptors (Lipinski definition) is 5. The molecule has 1 atom stereocenters. The Morgan fingerprint density at radius 2 is 2.08 bits per heavy atom. The van der Waals surface area contributed by atoms with E-state index in [4.69, 9.17) is 9.47 Å². The van der Waals surface area contributed by atoms with Crippen LogP contribution < -0.4 is 14.8 Å². The highest BCUT2D eigenvalue weighted by Gasteiger charge is 2.20. The molecule has 0 fully saturated rings. The van der Waals surface area contributed by atoms with Gasteiger partial charge < -0.3 is 14.8 Å². The number of fused-ring (bicyclic) bond motifs is 2. The number of rotatable bonds is 3. The monoisotopic (exact) mass is 327 g/mol. The van der Waals surface area contributed by atoms with E-state index in [1.165, 1.54) is 0 Å². The molecule has 24 heavy (non-hydrogen) atoms. The Kier molecular flexibility index (Phi) is 3.19. The number of nitrogens with one attached hydrogen (secondary N) is 1. The lowest BCUT2D eigenvalue weighted by Gasteiger charge is -2.13. The van der Waals surface area contributed by atoms with Crippen molar-refractivity contribution in [1.29, 1.82) is 0 Å². The number of carbonyl (C=O) groups excluding carboxylic acids is 1. The van der Waals surface area contributed by atoms with Crippen LogP contribution in [-0.2, 0) is 11.8 Å². The summed E-state index contributed by atoms with van der Waals surface area (Å²) in [7, 11) is 1.86. The lowest BCUT2D eigenvalue weighted by molar-refractivity contribution is -0.119. The minimum Gasteiger partial charge on any atom is -0.454 e. The van der Waals surface area contributed by atoms with Crippen molar-refractivity contribution in [3.8, 4) is 11.5 Å². The number of benzene rings is 1. The van der Waals surface area contributed by atoms with Crippen LogP contribution in [0.3, 0.4) is 0 Å². The van der Waals surface area contributed by atoms with Crippen molar-refractivity contribution in [2.45, 2.75) is 19.9 Å². The predicted octanol–water partition coefficient (Wildman–Crippen LogP) is 2.01. The first-order valence-corrected chi connectivity index (χ1v) is 7.62. The van der Waals surface area contributed by atoms with Gasteiger partial charge in [0.1, 0.15) is 17.1 Å². The summed E-state index contributed by atoms with van der Waals surface area (Å²) in [4.78, 5) is 12.5. The van der Waals surface area contributed by atoms with E-state index in [1.807, 2.05) is 20.2 Å². The molecule has 0 saturated carbocycles. The maximum Gasteiger partial charge on any atom is 0.248 e. The summed E-state index contributed by atoms with van der Waals surface area (Å²) < 4.78 is 14.0. The molecule has 1 aliphatic rings. The number of aromatic nitrogens is 4. The number of hydrogen-bond donors (Lipinski definition) is 1. The summed E-state index contributed by atoms with van der Waals surface area (Å²) in [6.07, 6.45) is 1.83. The molecule has 0 unspecified atom stereocenters. The maximum absolute atomic E-state index is 12.5. The van der Waals surface area contributed by atoms with Gasteiger partial charge in [-0.25, -0.2) is 0 Å². The van der Waals surface area contributed by atoms with E-state index < -0.39 is 6.04 Å². The first-order chi connectivity index (χ1) is 11.5. The van der Waals surface area contributed by atoms with Crippen LogP contribution in [0.2, 0.25) is 0 Å². The summed E-state index contributed by atoms with van der Waals surface area (Å²) in [5.74, 6) is 1.15. The Morgan fingerprint density at radius 3 is 2.88 bits per heavy atom. The number of aryl methyl sites for hydroxylation is 2. The van der Waals surface area contributed by atoms with E-state index in [2.05, 4.69) is 15.5 Å². The molecule has 0 spiro atoms. The molecule has 1 aliphatic heterocycles. The highest BCUT2D eigenvalue weighted by atomic mass is 16.7. The van der Waals surface area contributed by atoms with Crippen LogP contribution in [0, 0.1) is 6.92 Å². The van der Waals surface area contributed by atoms with Crippen LogP contribution >= 0.6 is 0 Å². The van der Waals surface area contributed by atoms with Crippen molar-refractivity contribution >= 4 is 22.6 Å². The number of ether oxygens (including phenoxy) is 2. The molecule has 124 valence electrons. The summed E-state index contributed by atoms with van der Waals surface area (Å²) in [5.41, 5.74) is 3.20. The van der Waals surface area contributed by atoms with E-state index in [0.29, 0.717) is 17.2 Å². The molecule has 1 N–H and O–H groups in total. The third kappa shape index (κ3) is 2.27. The van der Waals surface area contributed by atoms with E-state index in [1.54, 1.807) is 34.5 Å². The van der Waals surface area contributed by atoms with Gasteiger partial charge in [0.25, 0.3) is 0 Å². The van der Waals surface area contributed by atoms with Gasteiger partial charge in [-0.1, -0.05) is 0 Å². The van der Waals surface area contributed by atoms with E-state index in [9.17, 15) is 4.79 Å². The van der Waals surface area contributed by atoms with Gasteiger partial charge in [-0.2, -0.15) is 10.2 Å². The highest BCUT2D eigenvalue weighted by molar-refractivity contribution is 5.94. The van der Waals surface area contributed by atoms with Gasteiger partial charge in [0.2, 0.25) is 12.7 Å². The molecular formula is C16H17N5O3. The smallest absolute Gasteiger partial charge is 0.248 e. The minimum atomic E-state index is -0.456. The van der Waals surface area contributed by atoms with Crippen LogP contribution in [0.15, 0.2) is 24.4 Å². The standard InChI is InChI=1S/C16H17N5O3/c1-9-15-12(20(3)18-9)7-21(19-15)10(2)16(22)17-11-4-5-13-14(6-11)24-8-23-13/h4-7,10H,8H2,1-3H3,(H,17,22)/t10-/m0/s1. The Balaban J connectivity index is 1.55. The predicted molar refractivity (Wildman–Crippen MR) is 87.1 cm³/mol. The highest BCUT2D eigenvalue weighted by Crippen LogP contribution is 2.34. The van der Waals surface area contributed by atoms with Crippen molar-refractivity contribution in [1.82, 2.24) is 19.6 Å². The summed E-state index contributed by atoms with van der Waals surface area (Å²) in [6, 6.07) is 4.86.